The number of hydrogen-bond donors (Lipinski definition) is 1. The van der Waals surface area contributed by atoms with Gasteiger partial charge in [-0.2, -0.15) is 0 Å². The Morgan fingerprint density at radius 3 is 2.54 bits per heavy atom. The van der Waals surface area contributed by atoms with Crippen LogP contribution in [-0.4, -0.2) is 16.6 Å². The molecule has 24 heavy (non-hydrogen) atoms. The zero-order valence-corrected chi connectivity index (χ0v) is 14.4. The normalized spacial score (nSPS) is 14.2. The minimum Gasteiger partial charge on any atom is -0.351 e. The Bertz CT molecular complexity index is 885. The standard InChI is InChI=1S/C19H17ClN2O2/c1-10(2)12-5-4-6-13(9-12)22-17-15(20)19(24)16-14(18(17)23)8-7-11(3)21-16/h4-10,22H,1-3H3. The lowest BCUT2D eigenvalue weighted by Gasteiger charge is -2.19. The van der Waals surface area contributed by atoms with E-state index in [1.165, 1.54) is 0 Å². The molecule has 2 aromatic rings. The molecule has 1 aromatic carbocycles. The van der Waals surface area contributed by atoms with Crippen LogP contribution in [0, 0.1) is 6.92 Å². The van der Waals surface area contributed by atoms with Crippen LogP contribution in [0.1, 0.15) is 51.9 Å². The van der Waals surface area contributed by atoms with Gasteiger partial charge in [0.2, 0.25) is 11.6 Å². The number of rotatable bonds is 3. The van der Waals surface area contributed by atoms with E-state index in [4.69, 9.17) is 11.6 Å². The van der Waals surface area contributed by atoms with Gasteiger partial charge in [-0.15, -0.1) is 0 Å². The first-order valence-corrected chi connectivity index (χ1v) is 8.10. The van der Waals surface area contributed by atoms with Crippen LogP contribution in [-0.2, 0) is 0 Å². The molecule has 0 bridgehead atoms. The summed E-state index contributed by atoms with van der Waals surface area (Å²) in [5.74, 6) is -0.401. The molecule has 1 aromatic heterocycles. The number of allylic oxidation sites excluding steroid dienone is 2. The van der Waals surface area contributed by atoms with Gasteiger partial charge in [0.15, 0.2) is 0 Å². The molecule has 0 amide bonds. The minimum atomic E-state index is -0.433. The molecule has 0 aliphatic heterocycles. The smallest absolute Gasteiger partial charge is 0.225 e. The van der Waals surface area contributed by atoms with Crippen molar-refractivity contribution in [1.82, 2.24) is 4.98 Å². The van der Waals surface area contributed by atoms with Crippen molar-refractivity contribution in [2.24, 2.45) is 0 Å². The quantitative estimate of drug-likeness (QED) is 0.896. The highest BCUT2D eigenvalue weighted by Gasteiger charge is 2.32. The zero-order chi connectivity index (χ0) is 17.4. The van der Waals surface area contributed by atoms with Crippen molar-refractivity contribution >= 4 is 28.9 Å². The predicted molar refractivity (Wildman–Crippen MR) is 94.7 cm³/mol. The lowest BCUT2D eigenvalue weighted by atomic mass is 9.96. The molecule has 0 saturated heterocycles. The topological polar surface area (TPSA) is 59.1 Å². The van der Waals surface area contributed by atoms with Gasteiger partial charge in [-0.05, 0) is 42.7 Å². The number of aromatic nitrogens is 1. The number of ketones is 2. The molecule has 0 radical (unpaired) electrons. The lowest BCUT2D eigenvalue weighted by Crippen LogP contribution is -2.25. The van der Waals surface area contributed by atoms with Crippen molar-refractivity contribution < 1.29 is 9.59 Å². The van der Waals surface area contributed by atoms with Crippen LogP contribution in [0.3, 0.4) is 0 Å². The van der Waals surface area contributed by atoms with Crippen molar-refractivity contribution in [2.75, 3.05) is 5.32 Å². The van der Waals surface area contributed by atoms with Crippen LogP contribution in [0.15, 0.2) is 47.1 Å². The number of nitrogens with one attached hydrogen (secondary N) is 1. The number of hydrogen-bond acceptors (Lipinski definition) is 4. The number of aryl methyl sites for hydroxylation is 1. The van der Waals surface area contributed by atoms with E-state index in [0.717, 1.165) is 11.3 Å². The summed E-state index contributed by atoms with van der Waals surface area (Å²) in [4.78, 5) is 29.3. The number of fused-ring (bicyclic) bond motifs is 1. The zero-order valence-electron chi connectivity index (χ0n) is 13.7. The number of benzene rings is 1. The van der Waals surface area contributed by atoms with Gasteiger partial charge in [0, 0.05) is 11.4 Å². The van der Waals surface area contributed by atoms with Crippen LogP contribution in [0.2, 0.25) is 0 Å². The Morgan fingerprint density at radius 1 is 1.08 bits per heavy atom. The number of pyridine rings is 1. The second-order valence-electron chi connectivity index (χ2n) is 6.10. The first-order valence-electron chi connectivity index (χ1n) is 7.72. The van der Waals surface area contributed by atoms with E-state index in [9.17, 15) is 9.59 Å². The molecular weight excluding hydrogens is 324 g/mol. The fourth-order valence-corrected chi connectivity index (χ4v) is 2.82. The van der Waals surface area contributed by atoms with Crippen LogP contribution in [0.4, 0.5) is 5.69 Å². The molecule has 1 aliphatic carbocycles. The molecule has 3 rings (SSSR count). The Hall–Kier alpha value is -2.46. The molecule has 1 N–H and O–H groups in total. The van der Waals surface area contributed by atoms with E-state index in [2.05, 4.69) is 24.1 Å². The first-order chi connectivity index (χ1) is 11.4. The van der Waals surface area contributed by atoms with Crippen LogP contribution in [0.25, 0.3) is 0 Å². The first kappa shape index (κ1) is 16.4. The van der Waals surface area contributed by atoms with Gasteiger partial charge in [0.25, 0.3) is 0 Å². The Labute approximate surface area is 145 Å². The number of nitrogens with zero attached hydrogens (tertiary/aromatic N) is 1. The second kappa shape index (κ2) is 6.21. The molecule has 122 valence electrons. The van der Waals surface area contributed by atoms with Gasteiger partial charge in [-0.25, -0.2) is 4.98 Å². The molecule has 4 nitrogen and oxygen atoms in total. The number of carbonyl (C=O) groups excluding carboxylic acids is 2. The Morgan fingerprint density at radius 2 is 1.83 bits per heavy atom. The summed E-state index contributed by atoms with van der Waals surface area (Å²) < 4.78 is 0. The summed E-state index contributed by atoms with van der Waals surface area (Å²) in [5, 5.41) is 2.89. The van der Waals surface area contributed by atoms with Crippen molar-refractivity contribution in [3.8, 4) is 0 Å². The summed E-state index contributed by atoms with van der Waals surface area (Å²) in [6, 6.07) is 11.0. The van der Waals surface area contributed by atoms with Crippen LogP contribution < -0.4 is 5.32 Å². The third kappa shape index (κ3) is 2.85. The Kier molecular flexibility index (Phi) is 4.24. The van der Waals surface area contributed by atoms with Gasteiger partial charge in [-0.1, -0.05) is 37.6 Å². The third-order valence-corrected chi connectivity index (χ3v) is 4.32. The number of halogens is 1. The van der Waals surface area contributed by atoms with Gasteiger partial charge in [0.05, 0.1) is 5.56 Å². The van der Waals surface area contributed by atoms with E-state index < -0.39 is 5.78 Å². The van der Waals surface area contributed by atoms with E-state index in [1.54, 1.807) is 19.1 Å². The summed E-state index contributed by atoms with van der Waals surface area (Å²) in [7, 11) is 0. The predicted octanol–water partition coefficient (Wildman–Crippen LogP) is 4.45. The highest BCUT2D eigenvalue weighted by molar-refractivity contribution is 6.50. The second-order valence-corrected chi connectivity index (χ2v) is 6.48. The Balaban J connectivity index is 2.01. The number of Topliss-reactive ketones (excluding diaryl/α,β-unsaturated/α-hetero) is 2. The van der Waals surface area contributed by atoms with Crippen molar-refractivity contribution in [2.45, 2.75) is 26.7 Å². The van der Waals surface area contributed by atoms with Gasteiger partial charge in [0.1, 0.15) is 16.4 Å². The minimum absolute atomic E-state index is 0.0979. The maximum absolute atomic E-state index is 12.7. The number of anilines is 1. The molecule has 1 aliphatic rings. The van der Waals surface area contributed by atoms with E-state index in [0.29, 0.717) is 11.6 Å². The summed E-state index contributed by atoms with van der Waals surface area (Å²) in [5.41, 5.74) is 3.01. The largest absolute Gasteiger partial charge is 0.351 e. The van der Waals surface area contributed by atoms with Gasteiger partial charge in [-0.3, -0.25) is 9.59 Å². The molecule has 0 saturated carbocycles. The lowest BCUT2D eigenvalue weighted by molar-refractivity contribution is 0.0978. The van der Waals surface area contributed by atoms with Crippen molar-refractivity contribution in [3.05, 3.63) is 69.6 Å². The maximum Gasteiger partial charge on any atom is 0.225 e. The molecule has 0 fully saturated rings. The average Bonchev–Trinajstić information content (AvgIpc) is 2.57. The highest BCUT2D eigenvalue weighted by atomic mass is 35.5. The van der Waals surface area contributed by atoms with E-state index >= 15 is 0 Å². The van der Waals surface area contributed by atoms with Gasteiger partial charge < -0.3 is 5.32 Å². The molecule has 5 heteroatoms. The maximum atomic E-state index is 12.7. The van der Waals surface area contributed by atoms with Crippen LogP contribution in [0.5, 0.6) is 0 Å². The number of carbonyl (C=O) groups is 2. The molecule has 1 heterocycles. The fourth-order valence-electron chi connectivity index (χ4n) is 2.60. The van der Waals surface area contributed by atoms with E-state index in [1.807, 2.05) is 24.3 Å². The van der Waals surface area contributed by atoms with Crippen molar-refractivity contribution in [3.63, 3.8) is 0 Å². The monoisotopic (exact) mass is 340 g/mol. The summed E-state index contributed by atoms with van der Waals surface area (Å²) in [6.45, 7) is 5.94. The van der Waals surface area contributed by atoms with Gasteiger partial charge >= 0.3 is 0 Å². The molecule has 0 unspecified atom stereocenters. The third-order valence-electron chi connectivity index (χ3n) is 3.96. The van der Waals surface area contributed by atoms with Crippen LogP contribution >= 0.6 is 11.6 Å². The molecule has 0 spiro atoms. The van der Waals surface area contributed by atoms with E-state index in [-0.39, 0.29) is 27.8 Å². The molecular formula is C19H17ClN2O2. The fraction of sp³-hybridized carbons (Fsp3) is 0.211. The average molecular weight is 341 g/mol. The van der Waals surface area contributed by atoms with Crippen molar-refractivity contribution in [1.29, 1.82) is 0 Å². The SMILES string of the molecule is Cc1ccc2c(n1)C(=O)C(Cl)=C(Nc1cccc(C(C)C)c1)C2=O. The highest BCUT2D eigenvalue weighted by Crippen LogP contribution is 2.29. The molecule has 0 atom stereocenters. The summed E-state index contributed by atoms with van der Waals surface area (Å²) in [6.07, 6.45) is 0. The summed E-state index contributed by atoms with van der Waals surface area (Å²) >= 11 is 6.17.